The fourth-order valence-corrected chi connectivity index (χ4v) is 10.3. The molecule has 6 heteroatoms. The van der Waals surface area contributed by atoms with Crippen LogP contribution in [0.1, 0.15) is 361 Å². The summed E-state index contributed by atoms with van der Waals surface area (Å²) in [5.74, 6) is -0.0557. The average Bonchev–Trinajstić information content (AvgIpc) is 3.40. The molecule has 2 atom stereocenters. The first-order chi connectivity index (χ1) is 36.5. The smallest absolute Gasteiger partial charge is 0.305 e. The van der Waals surface area contributed by atoms with Gasteiger partial charge in [-0.2, -0.15) is 0 Å². The van der Waals surface area contributed by atoms with Crippen molar-refractivity contribution in [1.82, 2.24) is 5.32 Å². The van der Waals surface area contributed by atoms with Crippen molar-refractivity contribution in [2.45, 2.75) is 373 Å². The lowest BCUT2D eigenvalue weighted by molar-refractivity contribution is -0.143. The summed E-state index contributed by atoms with van der Waals surface area (Å²) in [6.45, 7) is 4.91. The summed E-state index contributed by atoms with van der Waals surface area (Å²) in [6, 6.07) is -0.626. The molecule has 0 saturated heterocycles. The highest BCUT2D eigenvalue weighted by Gasteiger charge is 2.18. The maximum Gasteiger partial charge on any atom is 0.305 e. The van der Waals surface area contributed by atoms with Crippen molar-refractivity contribution in [2.75, 3.05) is 13.2 Å². The first-order valence-corrected chi connectivity index (χ1v) is 33.3. The Balaban J connectivity index is 3.36. The Morgan fingerprint density at radius 2 is 0.635 bits per heavy atom. The standard InChI is InChI=1S/C68H129NO5/c1-3-5-7-9-11-13-15-16-17-18-32-35-38-42-46-50-54-58-62-68(73)74-63-59-55-51-47-43-39-36-33-30-28-26-24-22-20-19-21-23-25-27-29-31-34-37-41-45-49-53-57-61-67(72)69-65(64-70)66(71)60-56-52-48-44-40-14-12-10-8-6-4-2/h17-20,56,60,65-66,70-71H,3-16,21-55,57-59,61-64H2,1-2H3,(H,69,72)/b18-17-,20-19-,60-56+. The Labute approximate surface area is 462 Å². The average molecular weight is 1040 g/mol. The van der Waals surface area contributed by atoms with Gasteiger partial charge in [-0.15, -0.1) is 0 Å². The quantitative estimate of drug-likeness (QED) is 0.0320. The van der Waals surface area contributed by atoms with Gasteiger partial charge in [0.05, 0.1) is 25.4 Å². The van der Waals surface area contributed by atoms with E-state index in [-0.39, 0.29) is 18.5 Å². The third-order valence-electron chi connectivity index (χ3n) is 15.4. The summed E-state index contributed by atoms with van der Waals surface area (Å²) in [5, 5.41) is 23.0. The third-order valence-corrected chi connectivity index (χ3v) is 15.4. The zero-order valence-corrected chi connectivity index (χ0v) is 49.8. The number of hydrogen-bond acceptors (Lipinski definition) is 5. The van der Waals surface area contributed by atoms with Gasteiger partial charge in [-0.1, -0.05) is 301 Å². The molecule has 0 saturated carbocycles. The zero-order valence-electron chi connectivity index (χ0n) is 49.8. The van der Waals surface area contributed by atoms with E-state index in [2.05, 4.69) is 43.5 Å². The van der Waals surface area contributed by atoms with Crippen LogP contribution in [-0.4, -0.2) is 47.4 Å². The lowest BCUT2D eigenvalue weighted by Gasteiger charge is -2.20. The number of hydrogen-bond donors (Lipinski definition) is 3. The molecule has 6 nitrogen and oxygen atoms in total. The summed E-state index contributed by atoms with van der Waals surface area (Å²) in [5.41, 5.74) is 0. The van der Waals surface area contributed by atoms with Gasteiger partial charge in [0.15, 0.2) is 0 Å². The monoisotopic (exact) mass is 1040 g/mol. The van der Waals surface area contributed by atoms with Crippen LogP contribution >= 0.6 is 0 Å². The van der Waals surface area contributed by atoms with E-state index in [1.165, 1.54) is 289 Å². The predicted octanol–water partition coefficient (Wildman–Crippen LogP) is 21.1. The molecular formula is C68H129NO5. The number of nitrogens with one attached hydrogen (secondary N) is 1. The molecule has 0 aliphatic heterocycles. The molecular weight excluding hydrogens is 911 g/mol. The highest BCUT2D eigenvalue weighted by molar-refractivity contribution is 5.76. The third kappa shape index (κ3) is 59.3. The second kappa shape index (κ2) is 63.6. The Hall–Kier alpha value is -1.92. The van der Waals surface area contributed by atoms with Crippen molar-refractivity contribution in [1.29, 1.82) is 0 Å². The highest BCUT2D eigenvalue weighted by atomic mass is 16.5. The van der Waals surface area contributed by atoms with Crippen molar-refractivity contribution < 1.29 is 24.5 Å². The second-order valence-electron chi connectivity index (χ2n) is 22.8. The molecule has 0 aromatic heterocycles. The van der Waals surface area contributed by atoms with Crippen molar-refractivity contribution >= 4 is 11.9 Å². The number of esters is 1. The van der Waals surface area contributed by atoms with E-state index < -0.39 is 12.1 Å². The maximum absolute atomic E-state index is 12.4. The van der Waals surface area contributed by atoms with E-state index in [1.54, 1.807) is 6.08 Å². The molecule has 0 spiro atoms. The fourth-order valence-electron chi connectivity index (χ4n) is 10.3. The van der Waals surface area contributed by atoms with Crippen LogP contribution in [0.2, 0.25) is 0 Å². The van der Waals surface area contributed by atoms with Gasteiger partial charge in [0.2, 0.25) is 5.91 Å². The number of carbonyl (C=O) groups excluding carboxylic acids is 2. The first-order valence-electron chi connectivity index (χ1n) is 33.3. The summed E-state index contributed by atoms with van der Waals surface area (Å²) in [4.78, 5) is 24.5. The molecule has 1 amide bonds. The Morgan fingerprint density at radius 1 is 0.365 bits per heavy atom. The lowest BCUT2D eigenvalue weighted by Crippen LogP contribution is -2.45. The minimum atomic E-state index is -0.843. The van der Waals surface area contributed by atoms with E-state index in [0.29, 0.717) is 19.4 Å². The van der Waals surface area contributed by atoms with Crippen molar-refractivity contribution in [3.05, 3.63) is 36.5 Å². The number of amides is 1. The molecule has 0 aliphatic rings. The Kier molecular flexibility index (Phi) is 62.0. The zero-order chi connectivity index (χ0) is 53.6. The van der Waals surface area contributed by atoms with E-state index in [1.807, 2.05) is 6.08 Å². The van der Waals surface area contributed by atoms with Crippen LogP contribution in [0.4, 0.5) is 0 Å². The van der Waals surface area contributed by atoms with Crippen molar-refractivity contribution in [2.24, 2.45) is 0 Å². The largest absolute Gasteiger partial charge is 0.466 e. The molecule has 0 aliphatic carbocycles. The predicted molar refractivity (Wildman–Crippen MR) is 324 cm³/mol. The van der Waals surface area contributed by atoms with Gasteiger partial charge in [-0.25, -0.2) is 0 Å². The van der Waals surface area contributed by atoms with Crippen LogP contribution in [0.15, 0.2) is 36.5 Å². The highest BCUT2D eigenvalue weighted by Crippen LogP contribution is 2.17. The van der Waals surface area contributed by atoms with Crippen LogP contribution in [-0.2, 0) is 14.3 Å². The molecule has 0 aromatic rings. The summed E-state index contributed by atoms with van der Waals surface area (Å²) in [7, 11) is 0. The number of aliphatic hydroxyl groups excluding tert-OH is 2. The van der Waals surface area contributed by atoms with Gasteiger partial charge in [0.1, 0.15) is 0 Å². The van der Waals surface area contributed by atoms with Crippen molar-refractivity contribution in [3.63, 3.8) is 0 Å². The van der Waals surface area contributed by atoms with Gasteiger partial charge in [-0.05, 0) is 83.5 Å². The van der Waals surface area contributed by atoms with E-state index in [0.717, 1.165) is 44.9 Å². The van der Waals surface area contributed by atoms with Gasteiger partial charge >= 0.3 is 5.97 Å². The van der Waals surface area contributed by atoms with Crippen LogP contribution < -0.4 is 5.32 Å². The van der Waals surface area contributed by atoms with Gasteiger partial charge < -0.3 is 20.3 Å². The van der Waals surface area contributed by atoms with Crippen LogP contribution in [0.3, 0.4) is 0 Å². The second-order valence-corrected chi connectivity index (χ2v) is 22.8. The lowest BCUT2D eigenvalue weighted by atomic mass is 10.0. The van der Waals surface area contributed by atoms with E-state index in [9.17, 15) is 19.8 Å². The molecule has 0 heterocycles. The maximum atomic E-state index is 12.4. The number of rotatable bonds is 62. The minimum absolute atomic E-state index is 0.0127. The molecule has 0 rings (SSSR count). The normalized spacial score (nSPS) is 12.8. The van der Waals surface area contributed by atoms with Gasteiger partial charge in [0, 0.05) is 12.8 Å². The van der Waals surface area contributed by atoms with E-state index >= 15 is 0 Å². The SMILES string of the molecule is CCCCCCCCC/C=C\CCCCCCCCCC(=O)OCCCCCCCCCCCCCC/C=C\CCCCCCCCCCCCCCC(=O)NC(CO)C(O)/C=C/CCCCCCCCCCC. The fraction of sp³-hybridized carbons (Fsp3) is 0.882. The van der Waals surface area contributed by atoms with Crippen LogP contribution in [0, 0.1) is 0 Å². The number of ether oxygens (including phenoxy) is 1. The summed E-state index contributed by atoms with van der Waals surface area (Å²) in [6.07, 6.45) is 80.7. The Bertz CT molecular complexity index is 1200. The number of unbranched alkanes of at least 4 members (excludes halogenated alkanes) is 47. The molecule has 3 N–H and O–H groups in total. The summed E-state index contributed by atoms with van der Waals surface area (Å²) >= 11 is 0. The molecule has 0 fully saturated rings. The molecule has 74 heavy (non-hydrogen) atoms. The minimum Gasteiger partial charge on any atom is -0.466 e. The van der Waals surface area contributed by atoms with Crippen LogP contribution in [0.25, 0.3) is 0 Å². The topological polar surface area (TPSA) is 95.9 Å². The molecule has 0 aromatic carbocycles. The number of allylic oxidation sites excluding steroid dienone is 5. The van der Waals surface area contributed by atoms with E-state index in [4.69, 9.17) is 4.74 Å². The molecule has 0 bridgehead atoms. The van der Waals surface area contributed by atoms with Crippen molar-refractivity contribution in [3.8, 4) is 0 Å². The molecule has 0 radical (unpaired) electrons. The number of carbonyl (C=O) groups is 2. The van der Waals surface area contributed by atoms with Gasteiger partial charge in [-0.3, -0.25) is 9.59 Å². The van der Waals surface area contributed by atoms with Crippen LogP contribution in [0.5, 0.6) is 0 Å². The molecule has 2 unspecified atom stereocenters. The molecule has 436 valence electrons. The number of aliphatic hydroxyl groups is 2. The summed E-state index contributed by atoms with van der Waals surface area (Å²) < 4.78 is 5.50. The first kappa shape index (κ1) is 72.1. The van der Waals surface area contributed by atoms with Gasteiger partial charge in [0.25, 0.3) is 0 Å². The Morgan fingerprint density at radius 3 is 0.959 bits per heavy atom.